The van der Waals surface area contributed by atoms with Crippen molar-refractivity contribution in [2.24, 2.45) is 16.3 Å². The van der Waals surface area contributed by atoms with E-state index in [0.29, 0.717) is 19.1 Å². The summed E-state index contributed by atoms with van der Waals surface area (Å²) in [5.41, 5.74) is 0.231. The van der Waals surface area contributed by atoms with Gasteiger partial charge in [0.05, 0.1) is 25.9 Å². The second-order valence-corrected chi connectivity index (χ2v) is 9.73. The Kier molecular flexibility index (Phi) is 8.53. The summed E-state index contributed by atoms with van der Waals surface area (Å²) in [5.74, 6) is -0.735. The maximum Gasteiger partial charge on any atom is 0.408 e. The molecule has 1 N–H and O–H groups in total. The van der Waals surface area contributed by atoms with Crippen molar-refractivity contribution in [1.29, 1.82) is 0 Å². The number of rotatable bonds is 8. The number of nitrogens with zero attached hydrogens (tertiary/aromatic N) is 4. The van der Waals surface area contributed by atoms with Crippen molar-refractivity contribution in [3.63, 3.8) is 0 Å². The first-order chi connectivity index (χ1) is 16.5. The Morgan fingerprint density at radius 2 is 2.09 bits per heavy atom. The molecule has 194 valence electrons. The largest absolute Gasteiger partial charge is 0.408 e. The number of carbonyl (C=O) groups excluding carboxylic acids is 2. The topological polar surface area (TPSA) is 87.1 Å². The zero-order valence-electron chi connectivity index (χ0n) is 20.6. The highest BCUT2D eigenvalue weighted by atomic mass is 19.4. The number of halogens is 3. The summed E-state index contributed by atoms with van der Waals surface area (Å²) in [6.45, 7) is 8.39. The Bertz CT molecular complexity index is 923. The first-order valence-corrected chi connectivity index (χ1v) is 11.9. The Labute approximate surface area is 203 Å². The van der Waals surface area contributed by atoms with Crippen LogP contribution in [-0.4, -0.2) is 83.7 Å². The number of pyridine rings is 1. The minimum atomic E-state index is -4.59. The van der Waals surface area contributed by atoms with Crippen LogP contribution < -0.4 is 5.32 Å². The molecule has 2 aliphatic rings. The van der Waals surface area contributed by atoms with E-state index >= 15 is 0 Å². The fraction of sp³-hybridized carbons (Fsp3) is 0.667. The van der Waals surface area contributed by atoms with Crippen LogP contribution in [0.5, 0.6) is 0 Å². The van der Waals surface area contributed by atoms with Gasteiger partial charge < -0.3 is 9.64 Å². The Morgan fingerprint density at radius 3 is 2.66 bits per heavy atom. The number of guanidine groups is 1. The van der Waals surface area contributed by atoms with Crippen molar-refractivity contribution in [2.75, 3.05) is 32.9 Å². The first-order valence-electron chi connectivity index (χ1n) is 11.9. The van der Waals surface area contributed by atoms with E-state index in [4.69, 9.17) is 4.74 Å². The molecule has 3 unspecified atom stereocenters. The maximum atomic E-state index is 14.0. The Morgan fingerprint density at radius 1 is 1.34 bits per heavy atom. The van der Waals surface area contributed by atoms with Crippen LogP contribution in [0.25, 0.3) is 0 Å². The van der Waals surface area contributed by atoms with Gasteiger partial charge in [-0.25, -0.2) is 4.99 Å². The fourth-order valence-electron chi connectivity index (χ4n) is 4.37. The molecule has 0 aliphatic carbocycles. The van der Waals surface area contributed by atoms with Crippen molar-refractivity contribution in [1.82, 2.24) is 20.1 Å². The molecule has 0 aromatic carbocycles. The summed E-state index contributed by atoms with van der Waals surface area (Å²) in [7, 11) is 0. The second-order valence-electron chi connectivity index (χ2n) is 9.73. The lowest BCUT2D eigenvalue weighted by Crippen LogP contribution is -2.62. The van der Waals surface area contributed by atoms with Crippen molar-refractivity contribution >= 4 is 17.6 Å². The molecule has 0 bridgehead atoms. The molecule has 1 aromatic heterocycles. The van der Waals surface area contributed by atoms with Crippen molar-refractivity contribution < 1.29 is 27.5 Å². The molecular formula is C24H34F3N5O3. The number of alkyl halides is 3. The molecule has 2 aliphatic heterocycles. The highest BCUT2D eigenvalue weighted by Gasteiger charge is 2.49. The third kappa shape index (κ3) is 6.38. The molecule has 11 heteroatoms. The molecule has 3 rings (SSSR count). The van der Waals surface area contributed by atoms with Gasteiger partial charge in [0.1, 0.15) is 6.04 Å². The number of Topliss-reactive ketones (excluding diaryl/α,β-unsaturated/α-hetero) is 1. The lowest BCUT2D eigenvalue weighted by molar-refractivity contribution is -0.181. The molecule has 8 nitrogen and oxygen atoms in total. The predicted molar refractivity (Wildman–Crippen MR) is 125 cm³/mol. The highest BCUT2D eigenvalue weighted by molar-refractivity contribution is 6.02. The van der Waals surface area contributed by atoms with E-state index in [1.807, 2.05) is 0 Å². The third-order valence-electron chi connectivity index (χ3n) is 6.92. The summed E-state index contributed by atoms with van der Waals surface area (Å²) in [6.07, 6.45) is -2.08. The third-order valence-corrected chi connectivity index (χ3v) is 6.92. The van der Waals surface area contributed by atoms with E-state index in [2.05, 4.69) is 36.1 Å². The van der Waals surface area contributed by atoms with Gasteiger partial charge in [-0.3, -0.25) is 24.8 Å². The zero-order chi connectivity index (χ0) is 25.8. The molecule has 3 heterocycles. The Balaban J connectivity index is 1.83. The number of hydrogen-bond acceptors (Lipinski definition) is 6. The van der Waals surface area contributed by atoms with Crippen LogP contribution in [0.3, 0.4) is 0 Å². The average Bonchev–Trinajstić information content (AvgIpc) is 3.08. The maximum absolute atomic E-state index is 14.0. The fourth-order valence-corrected chi connectivity index (χ4v) is 4.37. The van der Waals surface area contributed by atoms with E-state index < -0.39 is 24.5 Å². The molecular weight excluding hydrogens is 463 g/mol. The quantitative estimate of drug-likeness (QED) is 0.439. The van der Waals surface area contributed by atoms with Crippen LogP contribution in [0, 0.1) is 11.3 Å². The van der Waals surface area contributed by atoms with Gasteiger partial charge in [-0.05, 0) is 29.9 Å². The average molecular weight is 498 g/mol. The standard InChI is InChI=1S/C24H34F3N5O3/c1-5-21(34)31-10-8-20(24(25,26)27)32(13-18(33)17-7-6-9-28-11-17)22(31)30-15-29-12-19-16(2)23(3,4)14-35-19/h6-7,9,11,16,19-20,29H,5,8,10,12-15H2,1-4H3. The van der Waals surface area contributed by atoms with Gasteiger partial charge in [-0.15, -0.1) is 0 Å². The van der Waals surface area contributed by atoms with Crippen LogP contribution in [0.15, 0.2) is 29.5 Å². The molecule has 2 fully saturated rings. The number of amides is 1. The molecule has 35 heavy (non-hydrogen) atoms. The summed E-state index contributed by atoms with van der Waals surface area (Å²) in [4.78, 5) is 35.8. The van der Waals surface area contributed by atoms with E-state index in [9.17, 15) is 22.8 Å². The molecule has 0 radical (unpaired) electrons. The highest BCUT2D eigenvalue weighted by Crippen LogP contribution is 2.37. The minimum absolute atomic E-state index is 0.0159. The van der Waals surface area contributed by atoms with Crippen LogP contribution in [0.4, 0.5) is 13.2 Å². The van der Waals surface area contributed by atoms with Crippen LogP contribution in [0.1, 0.15) is 50.9 Å². The van der Waals surface area contributed by atoms with E-state index in [0.717, 1.165) is 4.90 Å². The van der Waals surface area contributed by atoms with E-state index in [1.54, 1.807) is 13.0 Å². The molecule has 0 spiro atoms. The van der Waals surface area contributed by atoms with Gasteiger partial charge in [-0.1, -0.05) is 27.7 Å². The molecule has 1 amide bonds. The van der Waals surface area contributed by atoms with Crippen LogP contribution in [-0.2, 0) is 9.53 Å². The number of nitrogens with one attached hydrogen (secondary N) is 1. The van der Waals surface area contributed by atoms with Gasteiger partial charge in [0.15, 0.2) is 5.78 Å². The smallest absolute Gasteiger partial charge is 0.376 e. The first kappa shape index (κ1) is 27.1. The van der Waals surface area contributed by atoms with Crippen molar-refractivity contribution in [2.45, 2.75) is 58.9 Å². The van der Waals surface area contributed by atoms with Crippen LogP contribution >= 0.6 is 0 Å². The minimum Gasteiger partial charge on any atom is -0.376 e. The number of carbonyl (C=O) groups is 2. The number of aromatic nitrogens is 1. The number of ketones is 1. The number of aliphatic imine (C=N–C) groups is 1. The molecule has 2 saturated heterocycles. The van der Waals surface area contributed by atoms with Gasteiger partial charge in [0.2, 0.25) is 11.9 Å². The zero-order valence-corrected chi connectivity index (χ0v) is 20.6. The van der Waals surface area contributed by atoms with Crippen molar-refractivity contribution in [3.8, 4) is 0 Å². The predicted octanol–water partition coefficient (Wildman–Crippen LogP) is 3.10. The Hall–Kier alpha value is -2.53. The summed E-state index contributed by atoms with van der Waals surface area (Å²) in [5, 5.41) is 3.13. The van der Waals surface area contributed by atoms with Crippen molar-refractivity contribution in [3.05, 3.63) is 30.1 Å². The summed E-state index contributed by atoms with van der Waals surface area (Å²) < 4.78 is 47.8. The lowest BCUT2D eigenvalue weighted by atomic mass is 9.80. The summed E-state index contributed by atoms with van der Waals surface area (Å²) >= 11 is 0. The summed E-state index contributed by atoms with van der Waals surface area (Å²) in [6, 6.07) is 1.12. The molecule has 3 atom stereocenters. The van der Waals surface area contributed by atoms with Gasteiger partial charge in [0.25, 0.3) is 0 Å². The van der Waals surface area contributed by atoms with Gasteiger partial charge >= 0.3 is 6.18 Å². The number of hydrogen-bond donors (Lipinski definition) is 1. The number of ether oxygens (including phenoxy) is 1. The monoisotopic (exact) mass is 497 g/mol. The van der Waals surface area contributed by atoms with E-state index in [-0.39, 0.29) is 55.0 Å². The molecule has 1 aromatic rings. The second kappa shape index (κ2) is 11.0. The normalized spacial score (nSPS) is 25.8. The lowest BCUT2D eigenvalue weighted by Gasteiger charge is -2.43. The van der Waals surface area contributed by atoms with Gasteiger partial charge in [0, 0.05) is 37.5 Å². The van der Waals surface area contributed by atoms with Gasteiger partial charge in [-0.2, -0.15) is 13.2 Å². The van der Waals surface area contributed by atoms with E-state index in [1.165, 1.54) is 23.4 Å². The van der Waals surface area contributed by atoms with Crippen LogP contribution in [0.2, 0.25) is 0 Å². The molecule has 0 saturated carbocycles. The SMILES string of the molecule is CCC(=O)N1CCC(C(F)(F)F)N(CC(=O)c2cccnc2)C1=NCNCC1OCC(C)(C)C1C.